The maximum Gasteiger partial charge on any atom is 0.322 e. The van der Waals surface area contributed by atoms with Gasteiger partial charge in [0.25, 0.3) is 5.89 Å². The summed E-state index contributed by atoms with van der Waals surface area (Å²) in [5.41, 5.74) is 3.16. The summed E-state index contributed by atoms with van der Waals surface area (Å²) in [5, 5.41) is 9.92. The van der Waals surface area contributed by atoms with Crippen molar-refractivity contribution in [2.24, 2.45) is 0 Å². The summed E-state index contributed by atoms with van der Waals surface area (Å²) in [6.45, 7) is 2.35. The second-order valence-corrected chi connectivity index (χ2v) is 9.22. The number of carbonyl (C=O) groups is 1. The van der Waals surface area contributed by atoms with E-state index in [0.717, 1.165) is 33.0 Å². The number of methoxy groups -OCH3 is 1. The minimum absolute atomic E-state index is 0.190. The number of urea groups is 1. The predicted molar refractivity (Wildman–Crippen MR) is 131 cm³/mol. The zero-order valence-electron chi connectivity index (χ0n) is 18.5. The predicted octanol–water partition coefficient (Wildman–Crippen LogP) is 6.16. The van der Waals surface area contributed by atoms with Gasteiger partial charge < -0.3 is 14.6 Å². The molecule has 7 nitrogen and oxygen atoms in total. The number of hydrogen-bond donors (Lipinski definition) is 1. The molecule has 9 heteroatoms. The Morgan fingerprint density at radius 3 is 2.59 bits per heavy atom. The minimum atomic E-state index is -0.464. The van der Waals surface area contributed by atoms with Gasteiger partial charge in [-0.05, 0) is 60.3 Å². The highest BCUT2D eigenvalue weighted by molar-refractivity contribution is 7.09. The Labute approximate surface area is 205 Å². The van der Waals surface area contributed by atoms with E-state index in [1.807, 2.05) is 60.8 Å². The van der Waals surface area contributed by atoms with E-state index in [0.29, 0.717) is 23.3 Å². The van der Waals surface area contributed by atoms with E-state index in [-0.39, 0.29) is 6.03 Å². The summed E-state index contributed by atoms with van der Waals surface area (Å²) in [6.07, 6.45) is 0. The maximum absolute atomic E-state index is 13.1. The average molecular weight is 493 g/mol. The molecule has 1 unspecified atom stereocenters. The van der Waals surface area contributed by atoms with Gasteiger partial charge in [-0.3, -0.25) is 4.90 Å². The lowest BCUT2D eigenvalue weighted by atomic mass is 9.94. The van der Waals surface area contributed by atoms with Crippen molar-refractivity contribution in [1.29, 1.82) is 0 Å². The number of halogens is 1. The minimum Gasteiger partial charge on any atom is -0.497 e. The van der Waals surface area contributed by atoms with Crippen molar-refractivity contribution in [1.82, 2.24) is 20.4 Å². The van der Waals surface area contributed by atoms with Crippen molar-refractivity contribution in [2.75, 3.05) is 7.11 Å². The van der Waals surface area contributed by atoms with Crippen molar-refractivity contribution in [3.63, 3.8) is 0 Å². The quantitative estimate of drug-likeness (QED) is 0.348. The van der Waals surface area contributed by atoms with Crippen molar-refractivity contribution < 1.29 is 14.1 Å². The van der Waals surface area contributed by atoms with Gasteiger partial charge >= 0.3 is 6.03 Å². The summed E-state index contributed by atoms with van der Waals surface area (Å²) >= 11 is 7.70. The van der Waals surface area contributed by atoms with Crippen LogP contribution < -0.4 is 10.1 Å². The van der Waals surface area contributed by atoms with E-state index in [2.05, 4.69) is 15.5 Å². The van der Waals surface area contributed by atoms with E-state index in [4.69, 9.17) is 20.9 Å². The first-order chi connectivity index (χ1) is 16.5. The second kappa shape index (κ2) is 9.32. The van der Waals surface area contributed by atoms with E-state index < -0.39 is 6.04 Å². The molecule has 0 aliphatic carbocycles. The maximum atomic E-state index is 13.1. The Bertz CT molecular complexity index is 1330. The zero-order valence-corrected chi connectivity index (χ0v) is 20.1. The molecule has 3 heterocycles. The van der Waals surface area contributed by atoms with Gasteiger partial charge in [-0.2, -0.15) is 4.98 Å². The topological polar surface area (TPSA) is 80.5 Å². The molecule has 0 spiro atoms. The van der Waals surface area contributed by atoms with Crippen molar-refractivity contribution in [2.45, 2.75) is 19.5 Å². The number of rotatable bonds is 6. The standard InChI is InChI=1S/C25H21ClN4O3S/c1-15-21(24-28-23(29-33-24)17-7-11-19(32-2)12-8-17)22(16-5-9-18(26)10-6-16)27-25(31)30(15)14-20-4-3-13-34-20/h3-13,22H,14H2,1-2H3,(H,27,31). The monoisotopic (exact) mass is 492 g/mol. The third-order valence-electron chi connectivity index (χ3n) is 5.70. The van der Waals surface area contributed by atoms with Crippen LogP contribution in [0.3, 0.4) is 0 Å². The summed E-state index contributed by atoms with van der Waals surface area (Å²) in [7, 11) is 1.62. The smallest absolute Gasteiger partial charge is 0.322 e. The second-order valence-electron chi connectivity index (χ2n) is 7.75. The van der Waals surface area contributed by atoms with E-state index in [1.54, 1.807) is 35.5 Å². The molecule has 1 atom stereocenters. The number of allylic oxidation sites excluding steroid dienone is 1. The molecule has 2 amide bonds. The number of nitrogens with one attached hydrogen (secondary N) is 1. The van der Waals surface area contributed by atoms with Crippen LogP contribution in [0.1, 0.15) is 29.3 Å². The van der Waals surface area contributed by atoms with Gasteiger partial charge in [0, 0.05) is 21.2 Å². The first kappa shape index (κ1) is 22.2. The molecule has 0 fully saturated rings. The molecular weight excluding hydrogens is 472 g/mol. The van der Waals surface area contributed by atoms with Gasteiger partial charge in [0.05, 0.1) is 25.3 Å². The lowest BCUT2D eigenvalue weighted by molar-refractivity contribution is 0.203. The molecule has 0 bridgehead atoms. The molecule has 1 N–H and O–H groups in total. The Kier molecular flexibility index (Phi) is 6.08. The fraction of sp³-hybridized carbons (Fsp3) is 0.160. The number of ether oxygens (including phenoxy) is 1. The zero-order chi connectivity index (χ0) is 23.7. The molecule has 0 saturated heterocycles. The largest absolute Gasteiger partial charge is 0.497 e. The van der Waals surface area contributed by atoms with Crippen LogP contribution in [0.25, 0.3) is 17.0 Å². The molecule has 34 heavy (non-hydrogen) atoms. The number of benzene rings is 2. The van der Waals surface area contributed by atoms with Crippen LogP contribution in [0.4, 0.5) is 4.79 Å². The Morgan fingerprint density at radius 2 is 1.91 bits per heavy atom. The molecule has 2 aromatic heterocycles. The number of carbonyl (C=O) groups excluding carboxylic acids is 1. The molecule has 5 rings (SSSR count). The summed E-state index contributed by atoms with van der Waals surface area (Å²) < 4.78 is 11.0. The van der Waals surface area contributed by atoms with Crippen LogP contribution in [0.2, 0.25) is 5.02 Å². The van der Waals surface area contributed by atoms with Gasteiger partial charge in [-0.1, -0.05) is 35.0 Å². The first-order valence-electron chi connectivity index (χ1n) is 10.6. The van der Waals surface area contributed by atoms with E-state index in [1.165, 1.54) is 0 Å². The third kappa shape index (κ3) is 4.30. The third-order valence-corrected chi connectivity index (χ3v) is 6.81. The molecule has 2 aromatic carbocycles. The highest BCUT2D eigenvalue weighted by atomic mass is 35.5. The van der Waals surface area contributed by atoms with Crippen LogP contribution >= 0.6 is 22.9 Å². The molecular formula is C25H21ClN4O3S. The van der Waals surface area contributed by atoms with Crippen molar-refractivity contribution in [3.8, 4) is 17.1 Å². The van der Waals surface area contributed by atoms with E-state index in [9.17, 15) is 4.79 Å². The van der Waals surface area contributed by atoms with Crippen LogP contribution in [-0.4, -0.2) is 28.2 Å². The highest BCUT2D eigenvalue weighted by Crippen LogP contribution is 2.38. The Balaban J connectivity index is 1.58. The number of thiophene rings is 1. The Morgan fingerprint density at radius 1 is 1.15 bits per heavy atom. The SMILES string of the molecule is COc1ccc(-c2noc(C3=C(C)N(Cc4cccs4)C(=O)NC3c3ccc(Cl)cc3)n2)cc1. The lowest BCUT2D eigenvalue weighted by Crippen LogP contribution is -2.45. The van der Waals surface area contributed by atoms with Crippen LogP contribution in [0, 0.1) is 0 Å². The van der Waals surface area contributed by atoms with Gasteiger partial charge in [0.2, 0.25) is 5.82 Å². The van der Waals surface area contributed by atoms with E-state index >= 15 is 0 Å². The van der Waals surface area contributed by atoms with Gasteiger partial charge in [-0.15, -0.1) is 11.3 Å². The normalized spacial score (nSPS) is 16.0. The highest BCUT2D eigenvalue weighted by Gasteiger charge is 2.35. The first-order valence-corrected chi connectivity index (χ1v) is 11.8. The lowest BCUT2D eigenvalue weighted by Gasteiger charge is -2.35. The van der Waals surface area contributed by atoms with Crippen molar-refractivity contribution in [3.05, 3.63) is 93.1 Å². The van der Waals surface area contributed by atoms with Gasteiger partial charge in [0.1, 0.15) is 5.75 Å². The summed E-state index contributed by atoms with van der Waals surface area (Å²) in [5.74, 6) is 1.54. The Hall–Kier alpha value is -3.62. The van der Waals surface area contributed by atoms with Gasteiger partial charge in [-0.25, -0.2) is 4.79 Å². The van der Waals surface area contributed by atoms with Crippen LogP contribution in [-0.2, 0) is 6.54 Å². The molecule has 0 saturated carbocycles. The molecule has 0 radical (unpaired) electrons. The van der Waals surface area contributed by atoms with Crippen LogP contribution in [0.15, 0.2) is 76.3 Å². The molecule has 172 valence electrons. The van der Waals surface area contributed by atoms with Crippen LogP contribution in [0.5, 0.6) is 5.75 Å². The number of amides is 2. The summed E-state index contributed by atoms with van der Waals surface area (Å²) in [4.78, 5) is 20.6. The fourth-order valence-corrected chi connectivity index (χ4v) is 4.72. The number of aromatic nitrogens is 2. The number of hydrogen-bond acceptors (Lipinski definition) is 6. The van der Waals surface area contributed by atoms with Crippen molar-refractivity contribution >= 4 is 34.5 Å². The number of nitrogens with zero attached hydrogens (tertiary/aromatic N) is 3. The fourth-order valence-electron chi connectivity index (χ4n) is 3.90. The average Bonchev–Trinajstić information content (AvgIpc) is 3.54. The van der Waals surface area contributed by atoms with Gasteiger partial charge in [0.15, 0.2) is 0 Å². The summed E-state index contributed by atoms with van der Waals surface area (Å²) in [6, 6.07) is 18.1. The molecule has 1 aliphatic rings. The molecule has 1 aliphatic heterocycles. The molecule has 4 aromatic rings.